The third kappa shape index (κ3) is 8.33. The van der Waals surface area contributed by atoms with Crippen LogP contribution in [0, 0.1) is 0 Å². The van der Waals surface area contributed by atoms with Crippen molar-refractivity contribution in [1.29, 1.82) is 0 Å². The van der Waals surface area contributed by atoms with Gasteiger partial charge >= 0.3 is 0 Å². The molecule has 0 radical (unpaired) electrons. The van der Waals surface area contributed by atoms with Gasteiger partial charge in [-0.2, -0.15) is 0 Å². The van der Waals surface area contributed by atoms with Crippen LogP contribution in [0.3, 0.4) is 0 Å². The van der Waals surface area contributed by atoms with Gasteiger partial charge in [0.15, 0.2) is 5.96 Å². The molecule has 6 nitrogen and oxygen atoms in total. The molecule has 3 N–H and O–H groups in total. The molecule has 1 heterocycles. The summed E-state index contributed by atoms with van der Waals surface area (Å²) in [6.45, 7) is 8.76. The second kappa shape index (κ2) is 13.3. The van der Waals surface area contributed by atoms with Crippen molar-refractivity contribution in [2.75, 3.05) is 46.6 Å². The number of aliphatic imine (C=N–C) groups is 1. The molecule has 1 fully saturated rings. The van der Waals surface area contributed by atoms with E-state index in [1.807, 2.05) is 6.92 Å². The maximum absolute atomic E-state index is 5.61. The van der Waals surface area contributed by atoms with Crippen molar-refractivity contribution in [3.63, 3.8) is 0 Å². The van der Waals surface area contributed by atoms with Crippen molar-refractivity contribution >= 4 is 29.9 Å². The zero-order valence-electron chi connectivity index (χ0n) is 16.8. The molecule has 1 aliphatic heterocycles. The summed E-state index contributed by atoms with van der Waals surface area (Å²) in [5.74, 6) is 0.810. The molecule has 1 unspecified atom stereocenters. The van der Waals surface area contributed by atoms with Crippen LogP contribution in [0.4, 0.5) is 0 Å². The number of nitrogens with one attached hydrogen (secondary N) is 3. The van der Waals surface area contributed by atoms with E-state index in [-0.39, 0.29) is 35.6 Å². The lowest BCUT2D eigenvalue weighted by atomic mass is 9.88. The van der Waals surface area contributed by atoms with Crippen LogP contribution in [0.2, 0.25) is 0 Å². The standard InChI is InChI=1S/C20H34N4O2.HI/c1-4-25-15-12-22-19(21-3)23-16-20(10-13-26-14-11-20)24-17(2)18-8-6-5-7-9-18;/h5-9,17,24H,4,10-16H2,1-3H3,(H2,21,22,23);1H. The predicted octanol–water partition coefficient (Wildman–Crippen LogP) is 2.71. The quantitative estimate of drug-likeness (QED) is 0.215. The smallest absolute Gasteiger partial charge is 0.191 e. The summed E-state index contributed by atoms with van der Waals surface area (Å²) in [6, 6.07) is 10.9. The van der Waals surface area contributed by atoms with Crippen molar-refractivity contribution in [3.8, 4) is 0 Å². The first kappa shape index (κ1) is 24.1. The topological polar surface area (TPSA) is 66.9 Å². The van der Waals surface area contributed by atoms with Crippen LogP contribution >= 0.6 is 24.0 Å². The van der Waals surface area contributed by atoms with Crippen molar-refractivity contribution in [2.45, 2.75) is 38.3 Å². The fraction of sp³-hybridized carbons (Fsp3) is 0.650. The number of hydrogen-bond donors (Lipinski definition) is 3. The lowest BCUT2D eigenvalue weighted by Gasteiger charge is -2.41. The zero-order chi connectivity index (χ0) is 18.7. The van der Waals surface area contributed by atoms with Gasteiger partial charge in [-0.15, -0.1) is 24.0 Å². The molecule has 2 rings (SSSR count). The normalized spacial score (nSPS) is 17.7. The van der Waals surface area contributed by atoms with Gasteiger partial charge in [0.2, 0.25) is 0 Å². The zero-order valence-corrected chi connectivity index (χ0v) is 19.1. The highest BCUT2D eigenvalue weighted by molar-refractivity contribution is 14.0. The fourth-order valence-electron chi connectivity index (χ4n) is 3.28. The Morgan fingerprint density at radius 1 is 1.22 bits per heavy atom. The van der Waals surface area contributed by atoms with Crippen LogP contribution in [0.5, 0.6) is 0 Å². The van der Waals surface area contributed by atoms with Crippen LogP contribution in [0.1, 0.15) is 38.3 Å². The summed E-state index contributed by atoms with van der Waals surface area (Å²) < 4.78 is 11.0. The number of rotatable bonds is 9. The summed E-state index contributed by atoms with van der Waals surface area (Å²) >= 11 is 0. The number of hydrogen-bond acceptors (Lipinski definition) is 4. The summed E-state index contributed by atoms with van der Waals surface area (Å²) in [5, 5.41) is 10.6. The molecule has 1 aromatic carbocycles. The van der Waals surface area contributed by atoms with E-state index in [1.54, 1.807) is 7.05 Å². The van der Waals surface area contributed by atoms with Gasteiger partial charge in [0, 0.05) is 51.5 Å². The summed E-state index contributed by atoms with van der Waals surface area (Å²) in [4.78, 5) is 4.32. The maximum Gasteiger partial charge on any atom is 0.191 e. The van der Waals surface area contributed by atoms with E-state index < -0.39 is 0 Å². The Balaban J connectivity index is 0.00000364. The summed E-state index contributed by atoms with van der Waals surface area (Å²) in [7, 11) is 1.80. The minimum atomic E-state index is -0.00888. The SMILES string of the molecule is CCOCCNC(=NC)NCC1(NC(C)c2ccccc2)CCOCC1.I. The molecule has 27 heavy (non-hydrogen) atoms. The maximum atomic E-state index is 5.61. The molecule has 1 atom stereocenters. The predicted molar refractivity (Wildman–Crippen MR) is 122 cm³/mol. The number of ether oxygens (including phenoxy) is 2. The highest BCUT2D eigenvalue weighted by Gasteiger charge is 2.34. The highest BCUT2D eigenvalue weighted by Crippen LogP contribution is 2.25. The Morgan fingerprint density at radius 2 is 1.93 bits per heavy atom. The van der Waals surface area contributed by atoms with E-state index in [0.717, 1.165) is 51.7 Å². The van der Waals surface area contributed by atoms with Crippen LogP contribution in [0.25, 0.3) is 0 Å². The fourth-order valence-corrected chi connectivity index (χ4v) is 3.28. The first-order chi connectivity index (χ1) is 12.7. The molecule has 0 spiro atoms. The molecule has 0 saturated carbocycles. The van der Waals surface area contributed by atoms with Crippen molar-refractivity contribution in [3.05, 3.63) is 35.9 Å². The van der Waals surface area contributed by atoms with E-state index in [0.29, 0.717) is 6.61 Å². The minimum Gasteiger partial charge on any atom is -0.381 e. The van der Waals surface area contributed by atoms with Crippen LogP contribution in [0.15, 0.2) is 35.3 Å². The van der Waals surface area contributed by atoms with Gasteiger partial charge in [-0.05, 0) is 32.3 Å². The van der Waals surface area contributed by atoms with Crippen molar-refractivity contribution in [2.24, 2.45) is 4.99 Å². The lowest BCUT2D eigenvalue weighted by molar-refractivity contribution is 0.0354. The van der Waals surface area contributed by atoms with Gasteiger partial charge < -0.3 is 25.4 Å². The molecule has 0 amide bonds. The van der Waals surface area contributed by atoms with Crippen LogP contribution in [-0.2, 0) is 9.47 Å². The van der Waals surface area contributed by atoms with E-state index in [9.17, 15) is 0 Å². The van der Waals surface area contributed by atoms with Crippen molar-refractivity contribution in [1.82, 2.24) is 16.0 Å². The van der Waals surface area contributed by atoms with Gasteiger partial charge in [0.1, 0.15) is 0 Å². The Bertz CT molecular complexity index is 536. The van der Waals surface area contributed by atoms with Gasteiger partial charge in [0.25, 0.3) is 0 Å². The molecule has 0 aromatic heterocycles. The Labute approximate surface area is 180 Å². The Morgan fingerprint density at radius 3 is 2.56 bits per heavy atom. The molecule has 7 heteroatoms. The molecule has 0 bridgehead atoms. The number of benzene rings is 1. The van der Waals surface area contributed by atoms with E-state index in [4.69, 9.17) is 9.47 Å². The molecular weight excluding hydrogens is 455 g/mol. The van der Waals surface area contributed by atoms with Crippen LogP contribution < -0.4 is 16.0 Å². The number of halogens is 1. The summed E-state index contributed by atoms with van der Waals surface area (Å²) in [5.41, 5.74) is 1.29. The number of nitrogens with zero attached hydrogens (tertiary/aromatic N) is 1. The average Bonchev–Trinajstić information content (AvgIpc) is 2.69. The largest absolute Gasteiger partial charge is 0.381 e. The third-order valence-corrected chi connectivity index (χ3v) is 4.83. The molecular formula is C20H35IN4O2. The number of guanidine groups is 1. The van der Waals surface area contributed by atoms with E-state index in [2.05, 4.69) is 58.2 Å². The molecule has 0 aliphatic carbocycles. The highest BCUT2D eigenvalue weighted by atomic mass is 127. The van der Waals surface area contributed by atoms with Gasteiger partial charge in [-0.3, -0.25) is 4.99 Å². The minimum absolute atomic E-state index is 0. The Hall–Kier alpha value is -0.900. The molecule has 1 aromatic rings. The summed E-state index contributed by atoms with van der Waals surface area (Å²) in [6.07, 6.45) is 1.96. The monoisotopic (exact) mass is 490 g/mol. The van der Waals surface area contributed by atoms with Gasteiger partial charge in [-0.1, -0.05) is 30.3 Å². The third-order valence-electron chi connectivity index (χ3n) is 4.83. The first-order valence-electron chi connectivity index (χ1n) is 9.62. The van der Waals surface area contributed by atoms with E-state index in [1.165, 1.54) is 5.56 Å². The van der Waals surface area contributed by atoms with E-state index >= 15 is 0 Å². The first-order valence-corrected chi connectivity index (χ1v) is 9.62. The van der Waals surface area contributed by atoms with Gasteiger partial charge in [-0.25, -0.2) is 0 Å². The van der Waals surface area contributed by atoms with Gasteiger partial charge in [0.05, 0.1) is 6.61 Å². The van der Waals surface area contributed by atoms with Crippen molar-refractivity contribution < 1.29 is 9.47 Å². The second-order valence-corrected chi connectivity index (χ2v) is 6.72. The Kier molecular flexibility index (Phi) is 11.9. The second-order valence-electron chi connectivity index (χ2n) is 6.72. The van der Waals surface area contributed by atoms with Crippen LogP contribution in [-0.4, -0.2) is 58.1 Å². The molecule has 154 valence electrons. The molecule has 1 aliphatic rings. The lowest BCUT2D eigenvalue weighted by Crippen LogP contribution is -2.58. The molecule has 1 saturated heterocycles. The average molecular weight is 490 g/mol.